The van der Waals surface area contributed by atoms with E-state index in [1.165, 1.54) is 23.3 Å². The number of hydrogen-bond donors (Lipinski definition) is 1. The number of nitrogens with one attached hydrogen (secondary N) is 1. The van der Waals surface area contributed by atoms with E-state index >= 15 is 0 Å². The third kappa shape index (κ3) is 5.78. The molecule has 2 aromatic carbocycles. The van der Waals surface area contributed by atoms with E-state index in [0.29, 0.717) is 12.1 Å². The molecule has 0 radical (unpaired) electrons. The van der Waals surface area contributed by atoms with E-state index in [0.717, 1.165) is 38.9 Å². The molecule has 1 heterocycles. The second-order valence-electron chi connectivity index (χ2n) is 6.54. The topological polar surface area (TPSA) is 73.2 Å². The Morgan fingerprint density at radius 1 is 1.07 bits per heavy atom. The van der Waals surface area contributed by atoms with Crippen molar-refractivity contribution >= 4 is 22.4 Å². The normalized spacial score (nSPS) is 14.0. The molecule has 1 aliphatic heterocycles. The molecule has 0 aliphatic carbocycles. The Morgan fingerprint density at radius 3 is 2.63 bits per heavy atom. The van der Waals surface area contributed by atoms with Gasteiger partial charge in [-0.25, -0.2) is 13.1 Å². The molecule has 0 saturated carbocycles. The number of nitriles is 1. The van der Waals surface area contributed by atoms with E-state index in [4.69, 9.17) is 5.26 Å². The first-order valence-electron chi connectivity index (χ1n) is 8.87. The highest BCUT2D eigenvalue weighted by atomic mass is 35.5. The lowest BCUT2D eigenvalue weighted by molar-refractivity contribution is 0.249. The molecule has 0 atom stereocenters. The van der Waals surface area contributed by atoms with Gasteiger partial charge in [0.05, 0.1) is 16.5 Å². The van der Waals surface area contributed by atoms with E-state index in [2.05, 4.69) is 33.9 Å². The summed E-state index contributed by atoms with van der Waals surface area (Å²) >= 11 is 0. The summed E-state index contributed by atoms with van der Waals surface area (Å²) in [4.78, 5) is 2.57. The Kier molecular flexibility index (Phi) is 7.81. The first-order valence-corrected chi connectivity index (χ1v) is 10.4. The van der Waals surface area contributed by atoms with Crippen molar-refractivity contribution < 1.29 is 8.42 Å². The molecule has 1 N–H and O–H groups in total. The SMILES string of the molecule is Cl.N#Cc1cccc(S(=O)(=O)NCCCCN2CCc3ccccc3C2)c1. The fourth-order valence-corrected chi connectivity index (χ4v) is 4.35. The number of sulfonamides is 1. The fraction of sp³-hybridized carbons (Fsp3) is 0.350. The van der Waals surface area contributed by atoms with Crippen molar-refractivity contribution in [3.05, 3.63) is 65.2 Å². The smallest absolute Gasteiger partial charge is 0.240 e. The van der Waals surface area contributed by atoms with Crippen LogP contribution in [0, 0.1) is 11.3 Å². The average molecular weight is 406 g/mol. The molecule has 0 amide bonds. The van der Waals surface area contributed by atoms with Crippen LogP contribution in [-0.4, -0.2) is 33.0 Å². The van der Waals surface area contributed by atoms with Gasteiger partial charge in [0.1, 0.15) is 0 Å². The number of rotatable bonds is 7. The molecule has 7 heteroatoms. The van der Waals surface area contributed by atoms with Gasteiger partial charge in [0.15, 0.2) is 0 Å². The minimum atomic E-state index is -3.55. The van der Waals surface area contributed by atoms with Crippen LogP contribution < -0.4 is 4.72 Å². The highest BCUT2D eigenvalue weighted by molar-refractivity contribution is 7.89. The summed E-state index contributed by atoms with van der Waals surface area (Å²) in [5.74, 6) is 0. The quantitative estimate of drug-likeness (QED) is 0.718. The van der Waals surface area contributed by atoms with Crippen LogP contribution in [0.4, 0.5) is 0 Å². The summed E-state index contributed by atoms with van der Waals surface area (Å²) in [5, 5.41) is 8.89. The van der Waals surface area contributed by atoms with Crippen molar-refractivity contribution in [1.82, 2.24) is 9.62 Å². The summed E-state index contributed by atoms with van der Waals surface area (Å²) < 4.78 is 27.2. The minimum Gasteiger partial charge on any atom is -0.299 e. The largest absolute Gasteiger partial charge is 0.299 e. The zero-order chi connectivity index (χ0) is 18.4. The van der Waals surface area contributed by atoms with E-state index in [1.807, 2.05) is 6.07 Å². The zero-order valence-electron chi connectivity index (χ0n) is 15.1. The predicted molar refractivity (Wildman–Crippen MR) is 108 cm³/mol. The number of fused-ring (bicyclic) bond motifs is 1. The molecule has 144 valence electrons. The van der Waals surface area contributed by atoms with Crippen LogP contribution in [0.5, 0.6) is 0 Å². The van der Waals surface area contributed by atoms with Crippen molar-refractivity contribution in [2.75, 3.05) is 19.6 Å². The van der Waals surface area contributed by atoms with Gasteiger partial charge < -0.3 is 0 Å². The van der Waals surface area contributed by atoms with Crippen LogP contribution >= 0.6 is 12.4 Å². The molecule has 0 spiro atoms. The van der Waals surface area contributed by atoms with Gasteiger partial charge in [-0.3, -0.25) is 4.90 Å². The summed E-state index contributed by atoms with van der Waals surface area (Å²) in [7, 11) is -3.55. The minimum absolute atomic E-state index is 0. The van der Waals surface area contributed by atoms with Gasteiger partial charge in [-0.05, 0) is 55.1 Å². The maximum Gasteiger partial charge on any atom is 0.240 e. The van der Waals surface area contributed by atoms with Gasteiger partial charge in [0.25, 0.3) is 0 Å². The van der Waals surface area contributed by atoms with Crippen molar-refractivity contribution in [3.8, 4) is 6.07 Å². The molecule has 0 fully saturated rings. The molecule has 0 aromatic heterocycles. The van der Waals surface area contributed by atoms with Crippen LogP contribution in [0.3, 0.4) is 0 Å². The van der Waals surface area contributed by atoms with E-state index in [1.54, 1.807) is 12.1 Å². The van der Waals surface area contributed by atoms with Crippen molar-refractivity contribution in [2.45, 2.75) is 30.7 Å². The van der Waals surface area contributed by atoms with Crippen LogP contribution in [0.15, 0.2) is 53.4 Å². The van der Waals surface area contributed by atoms with Gasteiger partial charge in [0, 0.05) is 19.6 Å². The van der Waals surface area contributed by atoms with E-state index in [9.17, 15) is 8.42 Å². The highest BCUT2D eigenvalue weighted by Gasteiger charge is 2.16. The lowest BCUT2D eigenvalue weighted by atomic mass is 10.00. The van der Waals surface area contributed by atoms with Gasteiger partial charge >= 0.3 is 0 Å². The molecule has 1 aliphatic rings. The first kappa shape index (κ1) is 21.4. The number of nitrogens with zero attached hydrogens (tertiary/aromatic N) is 2. The predicted octanol–water partition coefficient (Wildman–Crippen LogP) is 3.10. The summed E-state index contributed by atoms with van der Waals surface area (Å²) in [6.45, 7) is 3.41. The molecule has 0 bridgehead atoms. The lowest BCUT2D eigenvalue weighted by Crippen LogP contribution is -2.32. The Labute approximate surface area is 167 Å². The Morgan fingerprint density at radius 2 is 1.85 bits per heavy atom. The third-order valence-corrected chi connectivity index (χ3v) is 6.14. The van der Waals surface area contributed by atoms with Crippen LogP contribution in [-0.2, 0) is 23.0 Å². The van der Waals surface area contributed by atoms with Crippen LogP contribution in [0.2, 0.25) is 0 Å². The highest BCUT2D eigenvalue weighted by Crippen LogP contribution is 2.18. The van der Waals surface area contributed by atoms with Crippen molar-refractivity contribution in [1.29, 1.82) is 5.26 Å². The van der Waals surface area contributed by atoms with Gasteiger partial charge in [0.2, 0.25) is 10.0 Å². The lowest BCUT2D eigenvalue weighted by Gasteiger charge is -2.28. The van der Waals surface area contributed by atoms with E-state index < -0.39 is 10.0 Å². The standard InChI is InChI=1S/C20H23N3O2S.ClH/c21-15-17-6-5-9-20(14-17)26(24,25)22-11-3-4-12-23-13-10-18-7-1-2-8-19(18)16-23;/h1-2,5-9,14,22H,3-4,10-13,16H2;1H. The summed E-state index contributed by atoms with van der Waals surface area (Å²) in [6.07, 6.45) is 2.82. The van der Waals surface area contributed by atoms with Crippen LogP contribution in [0.25, 0.3) is 0 Å². The summed E-state index contributed by atoms with van der Waals surface area (Å²) in [6, 6.07) is 16.6. The zero-order valence-corrected chi connectivity index (χ0v) is 16.7. The molecule has 3 rings (SSSR count). The van der Waals surface area contributed by atoms with Gasteiger partial charge in [-0.2, -0.15) is 5.26 Å². The van der Waals surface area contributed by atoms with Crippen LogP contribution in [0.1, 0.15) is 29.5 Å². The van der Waals surface area contributed by atoms with Crippen molar-refractivity contribution in [3.63, 3.8) is 0 Å². The molecule has 0 saturated heterocycles. The number of halogens is 1. The molecule has 2 aromatic rings. The maximum absolute atomic E-state index is 12.3. The Hall–Kier alpha value is -1.91. The Bertz CT molecular complexity index is 909. The second-order valence-corrected chi connectivity index (χ2v) is 8.31. The number of benzene rings is 2. The summed E-state index contributed by atoms with van der Waals surface area (Å²) in [5.41, 5.74) is 3.19. The molecular formula is C20H24ClN3O2S. The average Bonchev–Trinajstić information content (AvgIpc) is 2.67. The molecule has 0 unspecified atom stereocenters. The first-order chi connectivity index (χ1) is 12.6. The monoisotopic (exact) mass is 405 g/mol. The Balaban J connectivity index is 0.00000261. The fourth-order valence-electron chi connectivity index (χ4n) is 3.23. The maximum atomic E-state index is 12.3. The third-order valence-electron chi connectivity index (χ3n) is 4.68. The molecular weight excluding hydrogens is 382 g/mol. The second kappa shape index (κ2) is 9.86. The van der Waals surface area contributed by atoms with Crippen molar-refractivity contribution in [2.24, 2.45) is 0 Å². The molecule has 5 nitrogen and oxygen atoms in total. The van der Waals surface area contributed by atoms with E-state index in [-0.39, 0.29) is 17.3 Å². The molecule has 27 heavy (non-hydrogen) atoms. The number of hydrogen-bond acceptors (Lipinski definition) is 4. The number of unbranched alkanes of at least 4 members (excludes halogenated alkanes) is 1. The van der Waals surface area contributed by atoms with Gasteiger partial charge in [-0.15, -0.1) is 12.4 Å². The van der Waals surface area contributed by atoms with Gasteiger partial charge in [-0.1, -0.05) is 30.3 Å².